The monoisotopic (exact) mass is 303 g/mol. The van der Waals surface area contributed by atoms with Gasteiger partial charge in [0.05, 0.1) is 10.0 Å². The average Bonchev–Trinajstić information content (AvgIpc) is 2.31. The standard InChI is InChI=1S/C12H15BrFNO2/c1-7(6-16)8(2)15-12(17)9-4-3-5-10(14)11(9)13/h3-5,7-8,16H,6H2,1-2H3,(H,15,17). The van der Waals surface area contributed by atoms with Gasteiger partial charge in [-0.1, -0.05) is 13.0 Å². The third kappa shape index (κ3) is 3.51. The van der Waals surface area contributed by atoms with E-state index in [2.05, 4.69) is 21.2 Å². The fraction of sp³-hybridized carbons (Fsp3) is 0.417. The maximum absolute atomic E-state index is 13.2. The van der Waals surface area contributed by atoms with Crippen molar-refractivity contribution in [3.8, 4) is 0 Å². The molecule has 1 rings (SSSR count). The van der Waals surface area contributed by atoms with Crippen LogP contribution in [0, 0.1) is 11.7 Å². The molecule has 2 unspecified atom stereocenters. The lowest BCUT2D eigenvalue weighted by atomic mass is 10.0. The minimum absolute atomic E-state index is 0.00817. The summed E-state index contributed by atoms with van der Waals surface area (Å²) in [5, 5.41) is 11.7. The van der Waals surface area contributed by atoms with Crippen LogP contribution in [0.1, 0.15) is 24.2 Å². The molecule has 0 heterocycles. The SMILES string of the molecule is CC(CO)C(C)NC(=O)c1cccc(F)c1Br. The van der Waals surface area contributed by atoms with Crippen molar-refractivity contribution in [1.29, 1.82) is 0 Å². The lowest BCUT2D eigenvalue weighted by molar-refractivity contribution is 0.0915. The number of hydrogen-bond acceptors (Lipinski definition) is 2. The second-order valence-corrected chi connectivity index (χ2v) is 4.82. The van der Waals surface area contributed by atoms with Crippen molar-refractivity contribution in [3.63, 3.8) is 0 Å². The molecule has 0 spiro atoms. The predicted molar refractivity (Wildman–Crippen MR) is 67.3 cm³/mol. The van der Waals surface area contributed by atoms with Gasteiger partial charge in [-0.05, 0) is 40.9 Å². The van der Waals surface area contributed by atoms with Gasteiger partial charge < -0.3 is 10.4 Å². The van der Waals surface area contributed by atoms with E-state index in [-0.39, 0.29) is 34.5 Å². The van der Waals surface area contributed by atoms with Crippen LogP contribution in [0.5, 0.6) is 0 Å². The Kier molecular flexibility index (Phi) is 5.08. The normalized spacial score (nSPS) is 14.2. The van der Waals surface area contributed by atoms with Crippen molar-refractivity contribution in [2.75, 3.05) is 6.61 Å². The Bertz CT molecular complexity index is 411. The zero-order valence-electron chi connectivity index (χ0n) is 9.71. The molecular formula is C12H15BrFNO2. The van der Waals surface area contributed by atoms with Crippen molar-refractivity contribution in [1.82, 2.24) is 5.32 Å². The van der Waals surface area contributed by atoms with E-state index in [0.717, 1.165) is 0 Å². The summed E-state index contributed by atoms with van der Waals surface area (Å²) in [6.45, 7) is 3.61. The Labute approximate surface area is 108 Å². The second-order valence-electron chi connectivity index (χ2n) is 4.02. The Morgan fingerprint density at radius 2 is 2.18 bits per heavy atom. The molecule has 0 aliphatic rings. The number of aliphatic hydroxyl groups is 1. The summed E-state index contributed by atoms with van der Waals surface area (Å²) >= 11 is 3.04. The molecule has 1 aromatic carbocycles. The van der Waals surface area contributed by atoms with E-state index in [0.29, 0.717) is 0 Å². The minimum Gasteiger partial charge on any atom is -0.396 e. The summed E-state index contributed by atoms with van der Waals surface area (Å²) in [4.78, 5) is 11.9. The molecule has 0 aromatic heterocycles. The van der Waals surface area contributed by atoms with Crippen LogP contribution in [0.2, 0.25) is 0 Å². The summed E-state index contributed by atoms with van der Waals surface area (Å²) < 4.78 is 13.4. The molecule has 94 valence electrons. The van der Waals surface area contributed by atoms with Crippen LogP contribution in [-0.4, -0.2) is 23.7 Å². The van der Waals surface area contributed by atoms with E-state index >= 15 is 0 Å². The van der Waals surface area contributed by atoms with Crippen LogP contribution in [-0.2, 0) is 0 Å². The van der Waals surface area contributed by atoms with Gasteiger partial charge in [0, 0.05) is 12.6 Å². The molecule has 2 N–H and O–H groups in total. The van der Waals surface area contributed by atoms with Gasteiger partial charge in [0.2, 0.25) is 0 Å². The smallest absolute Gasteiger partial charge is 0.252 e. The number of carbonyl (C=O) groups excluding carboxylic acids is 1. The minimum atomic E-state index is -0.472. The molecule has 1 aromatic rings. The van der Waals surface area contributed by atoms with Crippen LogP contribution in [0.15, 0.2) is 22.7 Å². The molecule has 5 heteroatoms. The quantitative estimate of drug-likeness (QED) is 0.897. The largest absolute Gasteiger partial charge is 0.396 e. The summed E-state index contributed by atoms with van der Waals surface area (Å²) in [6.07, 6.45) is 0. The van der Waals surface area contributed by atoms with Crippen molar-refractivity contribution in [2.24, 2.45) is 5.92 Å². The van der Waals surface area contributed by atoms with Gasteiger partial charge in [-0.2, -0.15) is 0 Å². The van der Waals surface area contributed by atoms with Gasteiger partial charge in [-0.25, -0.2) is 4.39 Å². The van der Waals surface area contributed by atoms with Crippen molar-refractivity contribution < 1.29 is 14.3 Å². The first-order valence-corrected chi connectivity index (χ1v) is 6.12. The van der Waals surface area contributed by atoms with Gasteiger partial charge in [0.25, 0.3) is 5.91 Å². The van der Waals surface area contributed by atoms with Gasteiger partial charge in [0.1, 0.15) is 5.82 Å². The highest BCUT2D eigenvalue weighted by atomic mass is 79.9. The van der Waals surface area contributed by atoms with Crippen LogP contribution >= 0.6 is 15.9 Å². The van der Waals surface area contributed by atoms with Crippen molar-refractivity contribution in [2.45, 2.75) is 19.9 Å². The highest BCUT2D eigenvalue weighted by molar-refractivity contribution is 9.10. The fourth-order valence-corrected chi connectivity index (χ4v) is 1.71. The Morgan fingerprint density at radius 3 is 2.76 bits per heavy atom. The van der Waals surface area contributed by atoms with Crippen molar-refractivity contribution >= 4 is 21.8 Å². The second kappa shape index (κ2) is 6.12. The van der Waals surface area contributed by atoms with Gasteiger partial charge in [0.15, 0.2) is 0 Å². The zero-order valence-corrected chi connectivity index (χ0v) is 11.3. The molecule has 1 amide bonds. The van der Waals surface area contributed by atoms with E-state index in [1.807, 2.05) is 6.92 Å². The van der Waals surface area contributed by atoms with E-state index in [1.54, 1.807) is 13.0 Å². The maximum Gasteiger partial charge on any atom is 0.252 e. The van der Waals surface area contributed by atoms with Crippen LogP contribution in [0.4, 0.5) is 4.39 Å². The lowest BCUT2D eigenvalue weighted by Gasteiger charge is -2.19. The predicted octanol–water partition coefficient (Wildman–Crippen LogP) is 2.33. The first-order chi connectivity index (χ1) is 7.97. The van der Waals surface area contributed by atoms with E-state index < -0.39 is 5.82 Å². The Balaban J connectivity index is 2.80. The van der Waals surface area contributed by atoms with Gasteiger partial charge in [-0.3, -0.25) is 4.79 Å². The Morgan fingerprint density at radius 1 is 1.53 bits per heavy atom. The third-order valence-corrected chi connectivity index (χ3v) is 3.50. The molecule has 0 aliphatic heterocycles. The number of nitrogens with one attached hydrogen (secondary N) is 1. The van der Waals surface area contributed by atoms with Crippen LogP contribution < -0.4 is 5.32 Å². The van der Waals surface area contributed by atoms with E-state index in [4.69, 9.17) is 5.11 Å². The number of aliphatic hydroxyl groups excluding tert-OH is 1. The third-order valence-electron chi connectivity index (χ3n) is 2.70. The summed E-state index contributed by atoms with van der Waals surface area (Å²) in [6, 6.07) is 4.12. The first-order valence-electron chi connectivity index (χ1n) is 5.33. The highest BCUT2D eigenvalue weighted by Gasteiger charge is 2.17. The molecule has 3 nitrogen and oxygen atoms in total. The van der Waals surface area contributed by atoms with E-state index in [1.165, 1.54) is 12.1 Å². The molecule has 0 radical (unpaired) electrons. The van der Waals surface area contributed by atoms with Crippen LogP contribution in [0.25, 0.3) is 0 Å². The Hall–Kier alpha value is -0.940. The number of halogens is 2. The molecule has 0 saturated heterocycles. The topological polar surface area (TPSA) is 49.3 Å². The summed E-state index contributed by atoms with van der Waals surface area (Å²) in [5.74, 6) is -0.879. The molecule has 0 fully saturated rings. The summed E-state index contributed by atoms with van der Waals surface area (Å²) in [5.41, 5.74) is 0.252. The number of rotatable bonds is 4. The van der Waals surface area contributed by atoms with Gasteiger partial charge >= 0.3 is 0 Å². The molecular weight excluding hydrogens is 289 g/mol. The zero-order chi connectivity index (χ0) is 13.0. The molecule has 17 heavy (non-hydrogen) atoms. The first kappa shape index (κ1) is 14.1. The molecule has 0 aliphatic carbocycles. The number of amides is 1. The highest BCUT2D eigenvalue weighted by Crippen LogP contribution is 2.20. The number of carbonyl (C=O) groups is 1. The average molecular weight is 304 g/mol. The van der Waals surface area contributed by atoms with Crippen molar-refractivity contribution in [3.05, 3.63) is 34.1 Å². The molecule has 0 saturated carbocycles. The summed E-state index contributed by atoms with van der Waals surface area (Å²) in [7, 11) is 0. The molecule has 2 atom stereocenters. The maximum atomic E-state index is 13.2. The lowest BCUT2D eigenvalue weighted by Crippen LogP contribution is -2.38. The van der Waals surface area contributed by atoms with Gasteiger partial charge in [-0.15, -0.1) is 0 Å². The van der Waals surface area contributed by atoms with E-state index in [9.17, 15) is 9.18 Å². The van der Waals surface area contributed by atoms with Crippen LogP contribution in [0.3, 0.4) is 0 Å². The number of benzene rings is 1. The fourth-order valence-electron chi connectivity index (χ4n) is 1.26. The molecule has 0 bridgehead atoms. The number of hydrogen-bond donors (Lipinski definition) is 2.